The van der Waals surface area contributed by atoms with Crippen LogP contribution >= 0.6 is 0 Å². The van der Waals surface area contributed by atoms with Gasteiger partial charge in [0.05, 0.1) is 0 Å². The van der Waals surface area contributed by atoms with Gasteiger partial charge < -0.3 is 5.32 Å². The van der Waals surface area contributed by atoms with Crippen LogP contribution in [0.2, 0.25) is 0 Å². The van der Waals surface area contributed by atoms with E-state index in [4.69, 9.17) is 0 Å². The molecular formula is C11H25N. The zero-order chi connectivity index (χ0) is 9.56. The van der Waals surface area contributed by atoms with Gasteiger partial charge in [-0.3, -0.25) is 0 Å². The first-order chi connectivity index (χ1) is 5.61. The normalized spacial score (nSPS) is 16.5. The molecule has 1 heteroatoms. The Morgan fingerprint density at radius 2 is 1.75 bits per heavy atom. The van der Waals surface area contributed by atoms with E-state index in [1.165, 1.54) is 12.8 Å². The minimum absolute atomic E-state index is 0.822. The van der Waals surface area contributed by atoms with Gasteiger partial charge in [-0.15, -0.1) is 0 Å². The van der Waals surface area contributed by atoms with Gasteiger partial charge in [0.2, 0.25) is 0 Å². The third kappa shape index (κ3) is 4.76. The molecule has 0 saturated heterocycles. The van der Waals surface area contributed by atoms with Gasteiger partial charge in [0.25, 0.3) is 0 Å². The smallest absolute Gasteiger partial charge is 0.00261 e. The maximum Gasteiger partial charge on any atom is -0.00261 e. The molecule has 0 rings (SSSR count). The maximum atomic E-state index is 3.24. The van der Waals surface area contributed by atoms with Crippen LogP contribution in [-0.4, -0.2) is 13.6 Å². The number of rotatable bonds is 6. The highest BCUT2D eigenvalue weighted by atomic mass is 14.8. The van der Waals surface area contributed by atoms with E-state index in [-0.39, 0.29) is 0 Å². The molecule has 0 aromatic heterocycles. The average molecular weight is 171 g/mol. The van der Waals surface area contributed by atoms with Crippen LogP contribution in [0.3, 0.4) is 0 Å². The molecule has 12 heavy (non-hydrogen) atoms. The van der Waals surface area contributed by atoms with E-state index in [1.54, 1.807) is 0 Å². The summed E-state index contributed by atoms with van der Waals surface area (Å²) in [5, 5.41) is 3.24. The predicted molar refractivity (Wildman–Crippen MR) is 56.3 cm³/mol. The van der Waals surface area contributed by atoms with E-state index in [2.05, 4.69) is 33.0 Å². The Kier molecular flexibility index (Phi) is 6.45. The molecule has 0 bridgehead atoms. The van der Waals surface area contributed by atoms with Gasteiger partial charge in [-0.25, -0.2) is 0 Å². The second-order valence-electron chi connectivity index (χ2n) is 4.31. The molecule has 0 aromatic carbocycles. The molecule has 2 atom stereocenters. The van der Waals surface area contributed by atoms with Crippen LogP contribution in [0.4, 0.5) is 0 Å². The first-order valence-electron chi connectivity index (χ1n) is 5.26. The highest BCUT2D eigenvalue weighted by Gasteiger charge is 2.14. The van der Waals surface area contributed by atoms with Crippen LogP contribution in [0.25, 0.3) is 0 Å². The first kappa shape index (κ1) is 12.0. The highest BCUT2D eigenvalue weighted by molar-refractivity contribution is 4.66. The minimum Gasteiger partial charge on any atom is -0.319 e. The summed E-state index contributed by atoms with van der Waals surface area (Å²) in [4.78, 5) is 0. The summed E-state index contributed by atoms with van der Waals surface area (Å²) in [5.74, 6) is 2.57. The fourth-order valence-corrected chi connectivity index (χ4v) is 1.86. The second-order valence-corrected chi connectivity index (χ2v) is 4.31. The van der Waals surface area contributed by atoms with Gasteiger partial charge in [-0.1, -0.05) is 34.1 Å². The zero-order valence-corrected chi connectivity index (χ0v) is 9.35. The van der Waals surface area contributed by atoms with Crippen LogP contribution in [0.1, 0.15) is 40.5 Å². The van der Waals surface area contributed by atoms with Crippen molar-refractivity contribution >= 4 is 0 Å². The molecule has 0 radical (unpaired) electrons. The molecule has 2 unspecified atom stereocenters. The van der Waals surface area contributed by atoms with Crippen molar-refractivity contribution < 1.29 is 0 Å². The number of hydrogen-bond donors (Lipinski definition) is 1. The van der Waals surface area contributed by atoms with Crippen molar-refractivity contribution in [3.63, 3.8) is 0 Å². The lowest BCUT2D eigenvalue weighted by Gasteiger charge is -2.22. The molecule has 0 fully saturated rings. The molecule has 1 N–H and O–H groups in total. The third-order valence-electron chi connectivity index (χ3n) is 2.72. The fraction of sp³-hybridized carbons (Fsp3) is 1.00. The Bertz CT molecular complexity index is 99.2. The zero-order valence-electron chi connectivity index (χ0n) is 9.35. The van der Waals surface area contributed by atoms with Gasteiger partial charge in [0.15, 0.2) is 0 Å². The Morgan fingerprint density at radius 1 is 1.17 bits per heavy atom. The fourth-order valence-electron chi connectivity index (χ4n) is 1.86. The second kappa shape index (κ2) is 6.47. The van der Waals surface area contributed by atoms with Crippen molar-refractivity contribution in [2.75, 3.05) is 13.6 Å². The maximum absolute atomic E-state index is 3.24. The van der Waals surface area contributed by atoms with Crippen LogP contribution in [-0.2, 0) is 0 Å². The molecule has 0 aliphatic carbocycles. The predicted octanol–water partition coefficient (Wildman–Crippen LogP) is 2.91. The summed E-state index contributed by atoms with van der Waals surface area (Å²) >= 11 is 0. The molecule has 0 aromatic rings. The van der Waals surface area contributed by atoms with Crippen LogP contribution < -0.4 is 5.32 Å². The molecular weight excluding hydrogens is 146 g/mol. The number of nitrogens with one attached hydrogen (secondary N) is 1. The topological polar surface area (TPSA) is 12.0 Å². The SMILES string of the molecule is CCC(CC(C)CNC)C(C)C. The molecule has 0 aliphatic rings. The summed E-state index contributed by atoms with van der Waals surface area (Å²) in [6.45, 7) is 10.5. The molecule has 0 heterocycles. The molecule has 1 nitrogen and oxygen atoms in total. The summed E-state index contributed by atoms with van der Waals surface area (Å²) in [6.07, 6.45) is 2.70. The van der Waals surface area contributed by atoms with Gasteiger partial charge >= 0.3 is 0 Å². The van der Waals surface area contributed by atoms with E-state index >= 15 is 0 Å². The van der Waals surface area contributed by atoms with Crippen molar-refractivity contribution in [2.45, 2.75) is 40.5 Å². The quantitative estimate of drug-likeness (QED) is 0.648. The van der Waals surface area contributed by atoms with Crippen LogP contribution in [0.5, 0.6) is 0 Å². The molecule has 0 spiro atoms. The standard InChI is InChI=1S/C11H25N/c1-6-11(9(2)3)7-10(4)8-12-5/h9-12H,6-8H2,1-5H3. The minimum atomic E-state index is 0.822. The van der Waals surface area contributed by atoms with Gasteiger partial charge in [0.1, 0.15) is 0 Å². The Balaban J connectivity index is 3.69. The van der Waals surface area contributed by atoms with Crippen LogP contribution in [0, 0.1) is 17.8 Å². The van der Waals surface area contributed by atoms with E-state index in [1.807, 2.05) is 7.05 Å². The lowest BCUT2D eigenvalue weighted by Crippen LogP contribution is -2.20. The third-order valence-corrected chi connectivity index (χ3v) is 2.72. The van der Waals surface area contributed by atoms with E-state index in [0.717, 1.165) is 24.3 Å². The monoisotopic (exact) mass is 171 g/mol. The summed E-state index contributed by atoms with van der Waals surface area (Å²) in [6, 6.07) is 0. The van der Waals surface area contributed by atoms with Crippen LogP contribution in [0.15, 0.2) is 0 Å². The van der Waals surface area contributed by atoms with Crippen molar-refractivity contribution in [3.8, 4) is 0 Å². The lowest BCUT2D eigenvalue weighted by atomic mass is 9.85. The van der Waals surface area contributed by atoms with Crippen molar-refractivity contribution in [3.05, 3.63) is 0 Å². The molecule has 0 amide bonds. The summed E-state index contributed by atoms with van der Waals surface area (Å²) in [7, 11) is 2.03. The van der Waals surface area contributed by atoms with E-state index in [9.17, 15) is 0 Å². The van der Waals surface area contributed by atoms with Crippen molar-refractivity contribution in [2.24, 2.45) is 17.8 Å². The average Bonchev–Trinajstić information content (AvgIpc) is 2.00. The molecule has 0 saturated carbocycles. The highest BCUT2D eigenvalue weighted by Crippen LogP contribution is 2.22. The molecule has 0 aliphatic heterocycles. The summed E-state index contributed by atoms with van der Waals surface area (Å²) in [5.41, 5.74) is 0. The Labute approximate surface area is 77.9 Å². The first-order valence-corrected chi connectivity index (χ1v) is 5.26. The lowest BCUT2D eigenvalue weighted by molar-refractivity contribution is 0.296. The van der Waals surface area contributed by atoms with Crippen molar-refractivity contribution in [1.82, 2.24) is 5.32 Å². The number of hydrogen-bond acceptors (Lipinski definition) is 1. The van der Waals surface area contributed by atoms with Gasteiger partial charge in [-0.05, 0) is 37.8 Å². The molecule has 74 valence electrons. The Morgan fingerprint density at radius 3 is 2.08 bits per heavy atom. The van der Waals surface area contributed by atoms with Gasteiger partial charge in [0, 0.05) is 0 Å². The van der Waals surface area contributed by atoms with Crippen molar-refractivity contribution in [1.29, 1.82) is 0 Å². The van der Waals surface area contributed by atoms with E-state index in [0.29, 0.717) is 0 Å². The summed E-state index contributed by atoms with van der Waals surface area (Å²) < 4.78 is 0. The Hall–Kier alpha value is -0.0400. The van der Waals surface area contributed by atoms with Gasteiger partial charge in [-0.2, -0.15) is 0 Å². The van der Waals surface area contributed by atoms with E-state index < -0.39 is 0 Å². The largest absolute Gasteiger partial charge is 0.319 e.